The first-order valence-electron chi connectivity index (χ1n) is 13.6. The maximum Gasteiger partial charge on any atom is 0.192 e. The van der Waals surface area contributed by atoms with Crippen LogP contribution in [0.3, 0.4) is 0 Å². The summed E-state index contributed by atoms with van der Waals surface area (Å²) in [5.74, 6) is 2.67. The highest BCUT2D eigenvalue weighted by Crippen LogP contribution is 2.30. The molecule has 0 spiro atoms. The molecule has 1 aliphatic rings. The maximum absolute atomic E-state index is 5.11. The van der Waals surface area contributed by atoms with Crippen LogP contribution >= 0.6 is 0 Å². The van der Waals surface area contributed by atoms with E-state index in [0.717, 1.165) is 47.6 Å². The van der Waals surface area contributed by atoms with Gasteiger partial charge >= 0.3 is 0 Å². The zero-order chi connectivity index (χ0) is 26.8. The Labute approximate surface area is 228 Å². The van der Waals surface area contributed by atoms with Crippen molar-refractivity contribution in [2.24, 2.45) is 5.92 Å². The van der Waals surface area contributed by atoms with Crippen molar-refractivity contribution in [2.75, 3.05) is 29.9 Å². The molecule has 0 saturated carbocycles. The molecule has 8 heteroatoms. The van der Waals surface area contributed by atoms with Gasteiger partial charge < -0.3 is 15.5 Å². The number of fused-ring (bicyclic) bond motifs is 1. The predicted octanol–water partition coefficient (Wildman–Crippen LogP) is 5.44. The molecule has 6 rings (SSSR count). The third-order valence-electron chi connectivity index (χ3n) is 7.53. The molecule has 3 N–H and O–H groups in total. The Morgan fingerprint density at radius 1 is 0.974 bits per heavy atom. The van der Waals surface area contributed by atoms with Crippen LogP contribution in [0.15, 0.2) is 72.8 Å². The van der Waals surface area contributed by atoms with Gasteiger partial charge in [0.2, 0.25) is 0 Å². The number of aromatic amines is 1. The summed E-state index contributed by atoms with van der Waals surface area (Å²) in [5.41, 5.74) is 6.48. The van der Waals surface area contributed by atoms with Crippen LogP contribution in [0.4, 0.5) is 11.6 Å². The summed E-state index contributed by atoms with van der Waals surface area (Å²) in [6.45, 7) is 9.78. The fourth-order valence-corrected chi connectivity index (χ4v) is 5.22. The number of rotatable bonds is 7. The molecule has 39 heavy (non-hydrogen) atoms. The lowest BCUT2D eigenvalue weighted by Gasteiger charge is -2.37. The van der Waals surface area contributed by atoms with Crippen molar-refractivity contribution in [3.8, 4) is 22.5 Å². The van der Waals surface area contributed by atoms with Crippen LogP contribution in [-0.4, -0.2) is 51.1 Å². The predicted molar refractivity (Wildman–Crippen MR) is 158 cm³/mol. The SMILES string of the molecule is Cc1[nH]nc2ccc(-c3nnc(NCc4ccccc4-c4ccccc4)c(N4CCNC(C(C)C)C4)n3)cc12. The summed E-state index contributed by atoms with van der Waals surface area (Å²) in [6.07, 6.45) is 0. The molecule has 3 aromatic carbocycles. The highest BCUT2D eigenvalue weighted by molar-refractivity contribution is 5.85. The van der Waals surface area contributed by atoms with Crippen molar-refractivity contribution < 1.29 is 0 Å². The minimum absolute atomic E-state index is 0.383. The third-order valence-corrected chi connectivity index (χ3v) is 7.53. The lowest BCUT2D eigenvalue weighted by molar-refractivity contribution is 0.367. The molecule has 0 radical (unpaired) electrons. The van der Waals surface area contributed by atoms with E-state index in [2.05, 4.69) is 99.3 Å². The van der Waals surface area contributed by atoms with Gasteiger partial charge in [0, 0.05) is 48.9 Å². The Hall–Kier alpha value is -4.30. The van der Waals surface area contributed by atoms with E-state index < -0.39 is 0 Å². The molecular weight excluding hydrogens is 484 g/mol. The number of aromatic nitrogens is 5. The highest BCUT2D eigenvalue weighted by Gasteiger charge is 2.26. The van der Waals surface area contributed by atoms with Crippen molar-refractivity contribution in [1.82, 2.24) is 30.7 Å². The van der Waals surface area contributed by atoms with Gasteiger partial charge in [-0.05, 0) is 47.7 Å². The van der Waals surface area contributed by atoms with Gasteiger partial charge in [0.05, 0.1) is 5.52 Å². The maximum atomic E-state index is 5.11. The molecule has 3 heterocycles. The van der Waals surface area contributed by atoms with Crippen LogP contribution in [0, 0.1) is 12.8 Å². The second kappa shape index (κ2) is 10.8. The summed E-state index contributed by atoms with van der Waals surface area (Å²) in [7, 11) is 0. The zero-order valence-corrected chi connectivity index (χ0v) is 22.6. The Kier molecular flexibility index (Phi) is 6.94. The van der Waals surface area contributed by atoms with E-state index in [4.69, 9.17) is 10.1 Å². The molecular formula is C31H34N8. The van der Waals surface area contributed by atoms with E-state index >= 15 is 0 Å². The van der Waals surface area contributed by atoms with E-state index in [1.54, 1.807) is 0 Å². The van der Waals surface area contributed by atoms with Gasteiger partial charge in [-0.2, -0.15) is 5.10 Å². The highest BCUT2D eigenvalue weighted by atomic mass is 15.3. The molecule has 5 aromatic rings. The molecule has 198 valence electrons. The molecule has 1 atom stereocenters. The first kappa shape index (κ1) is 25.0. The van der Waals surface area contributed by atoms with E-state index in [9.17, 15) is 0 Å². The van der Waals surface area contributed by atoms with Gasteiger partial charge in [0.15, 0.2) is 17.5 Å². The van der Waals surface area contributed by atoms with Crippen molar-refractivity contribution in [1.29, 1.82) is 0 Å². The van der Waals surface area contributed by atoms with Gasteiger partial charge in [-0.3, -0.25) is 5.10 Å². The van der Waals surface area contributed by atoms with E-state index in [-0.39, 0.29) is 0 Å². The van der Waals surface area contributed by atoms with Crippen LogP contribution in [0.1, 0.15) is 25.1 Å². The smallest absolute Gasteiger partial charge is 0.192 e. The van der Waals surface area contributed by atoms with Crippen LogP contribution in [0.25, 0.3) is 33.4 Å². The summed E-state index contributed by atoms with van der Waals surface area (Å²) in [6, 6.07) is 25.5. The molecule has 2 aromatic heterocycles. The van der Waals surface area contributed by atoms with Gasteiger partial charge in [-0.25, -0.2) is 4.98 Å². The number of hydrogen-bond acceptors (Lipinski definition) is 7. The Bertz CT molecular complexity index is 1580. The molecule has 1 fully saturated rings. The topological polar surface area (TPSA) is 94.6 Å². The average Bonchev–Trinajstić information content (AvgIpc) is 3.36. The number of H-pyrrole nitrogens is 1. The number of nitrogens with one attached hydrogen (secondary N) is 3. The fraction of sp³-hybridized carbons (Fsp3) is 0.290. The van der Waals surface area contributed by atoms with Crippen molar-refractivity contribution >= 4 is 22.5 Å². The lowest BCUT2D eigenvalue weighted by Crippen LogP contribution is -2.53. The van der Waals surface area contributed by atoms with Gasteiger partial charge in [0.25, 0.3) is 0 Å². The number of anilines is 2. The fourth-order valence-electron chi connectivity index (χ4n) is 5.22. The number of nitrogens with zero attached hydrogens (tertiary/aromatic N) is 5. The third kappa shape index (κ3) is 5.20. The summed E-state index contributed by atoms with van der Waals surface area (Å²) in [5, 5.41) is 25.0. The summed E-state index contributed by atoms with van der Waals surface area (Å²) < 4.78 is 0. The molecule has 0 amide bonds. The van der Waals surface area contributed by atoms with E-state index in [0.29, 0.717) is 30.1 Å². The summed E-state index contributed by atoms with van der Waals surface area (Å²) in [4.78, 5) is 7.45. The Morgan fingerprint density at radius 2 is 1.79 bits per heavy atom. The number of piperazine rings is 1. The first-order valence-corrected chi connectivity index (χ1v) is 13.6. The van der Waals surface area contributed by atoms with Crippen LogP contribution in [0.2, 0.25) is 0 Å². The quantitative estimate of drug-likeness (QED) is 0.264. The molecule has 1 saturated heterocycles. The van der Waals surface area contributed by atoms with Gasteiger partial charge in [-0.15, -0.1) is 10.2 Å². The van der Waals surface area contributed by atoms with Crippen molar-refractivity contribution in [2.45, 2.75) is 33.4 Å². The lowest BCUT2D eigenvalue weighted by atomic mass is 10.00. The van der Waals surface area contributed by atoms with Crippen molar-refractivity contribution in [3.63, 3.8) is 0 Å². The second-order valence-electron chi connectivity index (χ2n) is 10.5. The van der Waals surface area contributed by atoms with E-state index in [1.165, 1.54) is 16.7 Å². The molecule has 1 aliphatic heterocycles. The summed E-state index contributed by atoms with van der Waals surface area (Å²) >= 11 is 0. The largest absolute Gasteiger partial charge is 0.361 e. The van der Waals surface area contributed by atoms with E-state index in [1.807, 2.05) is 25.1 Å². The van der Waals surface area contributed by atoms with Crippen LogP contribution < -0.4 is 15.5 Å². The monoisotopic (exact) mass is 518 g/mol. The van der Waals surface area contributed by atoms with Gasteiger partial charge in [0.1, 0.15) is 0 Å². The van der Waals surface area contributed by atoms with Gasteiger partial charge in [-0.1, -0.05) is 68.4 Å². The normalized spacial score (nSPS) is 15.7. The minimum Gasteiger partial charge on any atom is -0.361 e. The Morgan fingerprint density at radius 3 is 2.64 bits per heavy atom. The number of hydrogen-bond donors (Lipinski definition) is 3. The molecule has 1 unspecified atom stereocenters. The standard InChI is InChI=1S/C31H34N8/c1-20(2)28-19-39(16-15-32-28)31-30(33-18-24-11-7-8-12-25(24)22-9-5-4-6-10-22)38-37-29(34-31)23-13-14-27-26(17-23)21(3)35-36-27/h4-14,17,20,28,32H,15-16,18-19H2,1-3H3,(H,33,38)(H,35,36). The molecule has 8 nitrogen and oxygen atoms in total. The zero-order valence-electron chi connectivity index (χ0n) is 22.6. The second-order valence-corrected chi connectivity index (χ2v) is 10.5. The van der Waals surface area contributed by atoms with Crippen LogP contribution in [0.5, 0.6) is 0 Å². The van der Waals surface area contributed by atoms with Crippen molar-refractivity contribution in [3.05, 3.63) is 84.1 Å². The number of aryl methyl sites for hydroxylation is 1. The first-order chi connectivity index (χ1) is 19.1. The minimum atomic E-state index is 0.383. The average molecular weight is 519 g/mol. The van der Waals surface area contributed by atoms with Crippen LogP contribution in [-0.2, 0) is 6.54 Å². The Balaban J connectivity index is 1.35. The molecule has 0 bridgehead atoms. The molecule has 0 aliphatic carbocycles. The number of benzene rings is 3.